The van der Waals surface area contributed by atoms with Gasteiger partial charge in [-0.1, -0.05) is 12.1 Å². The highest BCUT2D eigenvalue weighted by Gasteiger charge is 2.35. The molecular formula is C14H21N3O. The van der Waals surface area contributed by atoms with Crippen molar-refractivity contribution in [2.75, 3.05) is 25.0 Å². The smallest absolute Gasteiger partial charge is 0.324 e. The number of aryl methyl sites for hydroxylation is 1. The fourth-order valence-electron chi connectivity index (χ4n) is 2.46. The van der Waals surface area contributed by atoms with Gasteiger partial charge in [0.15, 0.2) is 0 Å². The number of nitrogens with zero attached hydrogens (tertiary/aromatic N) is 2. The van der Waals surface area contributed by atoms with Gasteiger partial charge in [-0.15, -0.1) is 0 Å². The van der Waals surface area contributed by atoms with Crippen LogP contribution in [0.2, 0.25) is 0 Å². The van der Waals surface area contributed by atoms with Crippen molar-refractivity contribution in [1.82, 2.24) is 4.90 Å². The summed E-state index contributed by atoms with van der Waals surface area (Å²) < 4.78 is 0. The summed E-state index contributed by atoms with van der Waals surface area (Å²) in [6, 6.07) is 6.38. The fourth-order valence-corrected chi connectivity index (χ4v) is 2.46. The Labute approximate surface area is 108 Å². The average Bonchev–Trinajstić information content (AvgIpc) is 2.62. The van der Waals surface area contributed by atoms with Crippen LogP contribution >= 0.6 is 0 Å². The van der Waals surface area contributed by atoms with Gasteiger partial charge >= 0.3 is 6.03 Å². The summed E-state index contributed by atoms with van der Waals surface area (Å²) in [4.78, 5) is 15.9. The molecule has 1 atom stereocenters. The maximum absolute atomic E-state index is 12.3. The van der Waals surface area contributed by atoms with E-state index in [1.807, 2.05) is 24.1 Å². The first-order valence-corrected chi connectivity index (χ1v) is 6.37. The van der Waals surface area contributed by atoms with Crippen molar-refractivity contribution in [2.45, 2.75) is 26.3 Å². The molecule has 0 bridgehead atoms. The van der Waals surface area contributed by atoms with Crippen molar-refractivity contribution in [2.24, 2.45) is 5.73 Å². The number of hydrogen-bond acceptors (Lipinski definition) is 2. The van der Waals surface area contributed by atoms with E-state index in [0.717, 1.165) is 18.7 Å². The largest absolute Gasteiger partial charge is 0.330 e. The molecule has 0 aromatic heterocycles. The molecule has 0 radical (unpaired) electrons. The van der Waals surface area contributed by atoms with Crippen molar-refractivity contribution in [3.63, 3.8) is 0 Å². The van der Waals surface area contributed by atoms with E-state index in [-0.39, 0.29) is 12.1 Å². The number of nitrogens with two attached hydrogens (primary N) is 1. The molecule has 2 amide bonds. The van der Waals surface area contributed by atoms with E-state index in [4.69, 9.17) is 5.73 Å². The third-order valence-electron chi connectivity index (χ3n) is 3.84. The Bertz CT molecular complexity index is 458. The van der Waals surface area contributed by atoms with Gasteiger partial charge in [-0.3, -0.25) is 4.90 Å². The maximum Gasteiger partial charge on any atom is 0.324 e. The summed E-state index contributed by atoms with van der Waals surface area (Å²) in [5.74, 6) is 0. The van der Waals surface area contributed by atoms with Crippen LogP contribution in [0, 0.1) is 13.8 Å². The van der Waals surface area contributed by atoms with Crippen LogP contribution in [0.25, 0.3) is 0 Å². The maximum atomic E-state index is 12.3. The van der Waals surface area contributed by atoms with Gasteiger partial charge in [0.25, 0.3) is 0 Å². The van der Waals surface area contributed by atoms with Gasteiger partial charge < -0.3 is 10.6 Å². The Morgan fingerprint density at radius 2 is 2.11 bits per heavy atom. The minimum absolute atomic E-state index is 0.0714. The topological polar surface area (TPSA) is 49.6 Å². The van der Waals surface area contributed by atoms with Crippen molar-refractivity contribution < 1.29 is 4.79 Å². The van der Waals surface area contributed by atoms with Gasteiger partial charge in [-0.25, -0.2) is 4.79 Å². The van der Waals surface area contributed by atoms with E-state index in [1.54, 1.807) is 4.90 Å². The molecule has 1 aromatic rings. The molecule has 98 valence electrons. The zero-order valence-corrected chi connectivity index (χ0v) is 11.3. The minimum atomic E-state index is 0.0714. The summed E-state index contributed by atoms with van der Waals surface area (Å²) in [7, 11) is 1.85. The normalized spacial score (nSPS) is 19.8. The second-order valence-electron chi connectivity index (χ2n) is 4.95. The third-order valence-corrected chi connectivity index (χ3v) is 3.84. The molecule has 1 aromatic carbocycles. The number of benzene rings is 1. The first-order valence-electron chi connectivity index (χ1n) is 6.37. The predicted molar refractivity (Wildman–Crippen MR) is 73.9 cm³/mol. The van der Waals surface area contributed by atoms with E-state index < -0.39 is 0 Å². The second kappa shape index (κ2) is 4.98. The molecule has 1 fully saturated rings. The number of likely N-dealkylation sites (N-methyl/N-ethyl adjacent to an activating group) is 1. The molecule has 4 nitrogen and oxygen atoms in total. The first-order chi connectivity index (χ1) is 8.56. The SMILES string of the molecule is Cc1cccc(N2CC(CCN)N(C)C2=O)c1C. The van der Waals surface area contributed by atoms with E-state index in [0.29, 0.717) is 6.54 Å². The van der Waals surface area contributed by atoms with Crippen LogP contribution < -0.4 is 10.6 Å². The Morgan fingerprint density at radius 1 is 1.39 bits per heavy atom. The Kier molecular flexibility index (Phi) is 3.57. The lowest BCUT2D eigenvalue weighted by molar-refractivity contribution is 0.217. The van der Waals surface area contributed by atoms with Crippen molar-refractivity contribution in [3.05, 3.63) is 29.3 Å². The van der Waals surface area contributed by atoms with Crippen LogP contribution in [-0.2, 0) is 0 Å². The van der Waals surface area contributed by atoms with E-state index in [1.165, 1.54) is 11.1 Å². The lowest BCUT2D eigenvalue weighted by Gasteiger charge is -2.19. The molecule has 1 aliphatic rings. The van der Waals surface area contributed by atoms with Crippen molar-refractivity contribution in [3.8, 4) is 0 Å². The number of urea groups is 1. The summed E-state index contributed by atoms with van der Waals surface area (Å²) in [5.41, 5.74) is 9.00. The van der Waals surface area contributed by atoms with Crippen LogP contribution in [0.5, 0.6) is 0 Å². The molecule has 18 heavy (non-hydrogen) atoms. The molecule has 0 aliphatic carbocycles. The molecule has 1 heterocycles. The van der Waals surface area contributed by atoms with Crippen LogP contribution in [0.1, 0.15) is 17.5 Å². The molecule has 0 saturated carbocycles. The van der Waals surface area contributed by atoms with E-state index in [2.05, 4.69) is 19.9 Å². The zero-order chi connectivity index (χ0) is 13.3. The molecule has 1 aliphatic heterocycles. The van der Waals surface area contributed by atoms with Crippen LogP contribution in [-0.4, -0.2) is 37.1 Å². The predicted octanol–water partition coefficient (Wildman–Crippen LogP) is 1.89. The molecule has 2 rings (SSSR count). The minimum Gasteiger partial charge on any atom is -0.330 e. The van der Waals surface area contributed by atoms with Gasteiger partial charge in [-0.2, -0.15) is 0 Å². The number of carbonyl (C=O) groups excluding carboxylic acids is 1. The van der Waals surface area contributed by atoms with Gasteiger partial charge in [0, 0.05) is 19.3 Å². The first kappa shape index (κ1) is 12.9. The second-order valence-corrected chi connectivity index (χ2v) is 4.95. The lowest BCUT2D eigenvalue weighted by atomic mass is 10.1. The van der Waals surface area contributed by atoms with Crippen LogP contribution in [0.4, 0.5) is 10.5 Å². The van der Waals surface area contributed by atoms with E-state index in [9.17, 15) is 4.79 Å². The number of carbonyl (C=O) groups is 1. The zero-order valence-electron chi connectivity index (χ0n) is 11.3. The van der Waals surface area contributed by atoms with Crippen LogP contribution in [0.3, 0.4) is 0 Å². The Balaban J connectivity index is 2.29. The highest BCUT2D eigenvalue weighted by Crippen LogP contribution is 2.28. The van der Waals surface area contributed by atoms with Gasteiger partial charge in [-0.05, 0) is 44.0 Å². The highest BCUT2D eigenvalue weighted by molar-refractivity contribution is 5.95. The number of hydrogen-bond donors (Lipinski definition) is 1. The molecule has 0 spiro atoms. The van der Waals surface area contributed by atoms with Gasteiger partial charge in [0.1, 0.15) is 0 Å². The van der Waals surface area contributed by atoms with E-state index >= 15 is 0 Å². The summed E-state index contributed by atoms with van der Waals surface area (Å²) in [5, 5.41) is 0. The molecule has 2 N–H and O–H groups in total. The summed E-state index contributed by atoms with van der Waals surface area (Å²) >= 11 is 0. The molecular weight excluding hydrogens is 226 g/mol. The molecule has 4 heteroatoms. The summed E-state index contributed by atoms with van der Waals surface area (Å²) in [6.45, 7) is 5.48. The van der Waals surface area contributed by atoms with Crippen molar-refractivity contribution in [1.29, 1.82) is 0 Å². The summed E-state index contributed by atoms with van der Waals surface area (Å²) in [6.07, 6.45) is 0.851. The fraction of sp³-hybridized carbons (Fsp3) is 0.500. The Hall–Kier alpha value is -1.55. The van der Waals surface area contributed by atoms with Crippen LogP contribution in [0.15, 0.2) is 18.2 Å². The number of amides is 2. The standard InChI is InChI=1S/C14H21N3O/c1-10-5-4-6-13(11(10)2)17-9-12(7-8-15)16(3)14(17)18/h4-6,12H,7-9,15H2,1-3H3. The van der Waals surface area contributed by atoms with Crippen molar-refractivity contribution >= 4 is 11.7 Å². The van der Waals surface area contributed by atoms with Gasteiger partial charge in [0.05, 0.1) is 6.04 Å². The lowest BCUT2D eigenvalue weighted by Crippen LogP contribution is -2.32. The average molecular weight is 247 g/mol. The Morgan fingerprint density at radius 3 is 2.78 bits per heavy atom. The molecule has 1 unspecified atom stereocenters. The molecule has 1 saturated heterocycles. The third kappa shape index (κ3) is 2.08. The number of anilines is 1. The monoisotopic (exact) mass is 247 g/mol. The quantitative estimate of drug-likeness (QED) is 0.886. The number of rotatable bonds is 3. The highest BCUT2D eigenvalue weighted by atomic mass is 16.2. The van der Waals surface area contributed by atoms with Gasteiger partial charge in [0.2, 0.25) is 0 Å².